The number of benzene rings is 1. The van der Waals surface area contributed by atoms with E-state index in [1.54, 1.807) is 5.56 Å². The molecule has 0 spiro atoms. The number of hydrogen-bond donors (Lipinski definition) is 0. The van der Waals surface area contributed by atoms with Crippen LogP contribution in [0.3, 0.4) is 0 Å². The molecule has 360 valence electrons. The zero-order valence-corrected chi connectivity index (χ0v) is 42.8. The van der Waals surface area contributed by atoms with Crippen molar-refractivity contribution in [1.82, 2.24) is 0 Å². The molecule has 0 radical (unpaired) electrons. The first-order valence-corrected chi connectivity index (χ1v) is 28.6. The van der Waals surface area contributed by atoms with E-state index in [0.717, 1.165) is 0 Å². The highest BCUT2D eigenvalue weighted by molar-refractivity contribution is 5.13. The van der Waals surface area contributed by atoms with E-state index in [0.29, 0.717) is 0 Å². The van der Waals surface area contributed by atoms with Crippen LogP contribution in [-0.4, -0.2) is 24.1 Å². The van der Waals surface area contributed by atoms with Crippen molar-refractivity contribution < 1.29 is 4.48 Å². The molecule has 1 heteroatoms. The van der Waals surface area contributed by atoms with Gasteiger partial charge in [-0.2, -0.15) is 0 Å². The molecule has 0 aliphatic heterocycles. The first-order valence-electron chi connectivity index (χ1n) is 28.6. The number of allylic oxidation sites excluding steroid dienone is 6. The summed E-state index contributed by atoms with van der Waals surface area (Å²) >= 11 is 0. The van der Waals surface area contributed by atoms with Crippen molar-refractivity contribution in [1.29, 1.82) is 0 Å². The Morgan fingerprint density at radius 1 is 0.274 bits per heavy atom. The normalized spacial score (nSPS) is 13.1. The van der Waals surface area contributed by atoms with Crippen molar-refractivity contribution in [3.63, 3.8) is 0 Å². The van der Waals surface area contributed by atoms with E-state index in [1.165, 1.54) is 300 Å². The number of quaternary nitrogens is 1. The highest BCUT2D eigenvalue weighted by Crippen LogP contribution is 2.23. The lowest BCUT2D eigenvalue weighted by atomic mass is 10.0. The molecule has 0 aliphatic carbocycles. The molecule has 1 nitrogen and oxygen atoms in total. The smallest absolute Gasteiger partial charge is 0.104 e. The van der Waals surface area contributed by atoms with E-state index in [9.17, 15) is 0 Å². The van der Waals surface area contributed by atoms with Crippen LogP contribution in [0.2, 0.25) is 0 Å². The molecule has 1 aromatic carbocycles. The molecular formula is C61H112N+. The zero-order chi connectivity index (χ0) is 44.4. The second-order valence-electron chi connectivity index (χ2n) is 20.0. The Morgan fingerprint density at radius 2 is 0.500 bits per heavy atom. The predicted octanol–water partition coefficient (Wildman–Crippen LogP) is 21.1. The van der Waals surface area contributed by atoms with Crippen LogP contribution >= 0.6 is 0 Å². The monoisotopic (exact) mass is 859 g/mol. The van der Waals surface area contributed by atoms with Gasteiger partial charge in [-0.3, -0.25) is 0 Å². The fourth-order valence-electron chi connectivity index (χ4n) is 9.63. The van der Waals surface area contributed by atoms with Gasteiger partial charge in [-0.05, 0) is 116 Å². The molecule has 0 amide bonds. The van der Waals surface area contributed by atoms with Crippen molar-refractivity contribution in [2.45, 2.75) is 297 Å². The number of unbranched alkanes of at least 4 members (excludes halogenated alkanes) is 36. The summed E-state index contributed by atoms with van der Waals surface area (Å²) in [5, 5.41) is 0. The van der Waals surface area contributed by atoms with Crippen LogP contribution in [0.25, 0.3) is 0 Å². The van der Waals surface area contributed by atoms with Gasteiger partial charge < -0.3 is 4.48 Å². The average Bonchev–Trinajstić information content (AvgIpc) is 3.29. The number of rotatable bonds is 50. The third kappa shape index (κ3) is 41.1. The van der Waals surface area contributed by atoms with Gasteiger partial charge in [0.25, 0.3) is 0 Å². The minimum Gasteiger partial charge on any atom is -0.320 e. The van der Waals surface area contributed by atoms with Gasteiger partial charge >= 0.3 is 0 Å². The topological polar surface area (TPSA) is 0 Å². The standard InChI is InChI=1S/C61H112N/c1-4-7-10-13-16-19-22-25-28-31-34-37-40-43-46-52-57-62(60-61-55-50-49-51-56-61,58-53-47-44-41-38-35-32-29-26-23-20-17-14-11-8-5-2)59-54-48-45-42-39-36-33-30-27-24-21-18-15-12-9-6-3/h25-30,49-51,55-56H,4-24,31-48,52-54,57-60H2,1-3H3/q+1. The first kappa shape index (κ1) is 58.4. The largest absolute Gasteiger partial charge is 0.320 e. The second kappa shape index (κ2) is 48.8. The quantitative estimate of drug-likeness (QED) is 0.0348. The Labute approximate surface area is 391 Å². The third-order valence-corrected chi connectivity index (χ3v) is 13.8. The summed E-state index contributed by atoms with van der Waals surface area (Å²) in [6.07, 6.45) is 73.4. The minimum absolute atomic E-state index is 1.24. The van der Waals surface area contributed by atoms with Crippen molar-refractivity contribution in [3.8, 4) is 0 Å². The fraction of sp³-hybridized carbons (Fsp3) is 0.803. The van der Waals surface area contributed by atoms with Gasteiger partial charge in [-0.25, -0.2) is 0 Å². The summed E-state index contributed by atoms with van der Waals surface area (Å²) in [4.78, 5) is 0. The summed E-state index contributed by atoms with van der Waals surface area (Å²) in [7, 11) is 0. The SMILES string of the molecule is CCCCCCCCC=CCCCCCCCC[N+](CCCCCCCCC=CCCCCCCCC)(CCCCCCCCC=CCCCCCCCC)Cc1ccccc1. The maximum absolute atomic E-state index is 2.48. The fourth-order valence-corrected chi connectivity index (χ4v) is 9.63. The maximum Gasteiger partial charge on any atom is 0.104 e. The van der Waals surface area contributed by atoms with Crippen molar-refractivity contribution in [2.24, 2.45) is 0 Å². The molecule has 1 aromatic rings. The van der Waals surface area contributed by atoms with Crippen LogP contribution in [-0.2, 0) is 6.54 Å². The van der Waals surface area contributed by atoms with Crippen LogP contribution in [0.15, 0.2) is 66.8 Å². The van der Waals surface area contributed by atoms with E-state index < -0.39 is 0 Å². The Balaban J connectivity index is 2.51. The number of hydrogen-bond acceptors (Lipinski definition) is 0. The Bertz CT molecular complexity index is 964. The maximum atomic E-state index is 2.48. The lowest BCUT2D eigenvalue weighted by molar-refractivity contribution is -0.941. The molecule has 0 saturated carbocycles. The minimum atomic E-state index is 1.24. The van der Waals surface area contributed by atoms with Crippen LogP contribution in [0.1, 0.15) is 296 Å². The lowest BCUT2D eigenvalue weighted by Crippen LogP contribution is -2.49. The van der Waals surface area contributed by atoms with Crippen LogP contribution in [0, 0.1) is 0 Å². The lowest BCUT2D eigenvalue weighted by Gasteiger charge is -2.39. The van der Waals surface area contributed by atoms with Gasteiger partial charge in [0, 0.05) is 5.56 Å². The summed E-state index contributed by atoms with van der Waals surface area (Å²) in [5.74, 6) is 0. The van der Waals surface area contributed by atoms with Gasteiger partial charge in [-0.1, -0.05) is 242 Å². The van der Waals surface area contributed by atoms with E-state index in [-0.39, 0.29) is 0 Å². The van der Waals surface area contributed by atoms with Gasteiger partial charge in [0.05, 0.1) is 19.6 Å². The van der Waals surface area contributed by atoms with Gasteiger partial charge in [0.15, 0.2) is 0 Å². The van der Waals surface area contributed by atoms with E-state index in [2.05, 4.69) is 87.6 Å². The number of nitrogens with zero attached hydrogens (tertiary/aromatic N) is 1. The van der Waals surface area contributed by atoms with Crippen LogP contribution in [0.4, 0.5) is 0 Å². The van der Waals surface area contributed by atoms with Gasteiger partial charge in [-0.15, -0.1) is 0 Å². The van der Waals surface area contributed by atoms with Gasteiger partial charge in [0.1, 0.15) is 6.54 Å². The molecule has 0 saturated heterocycles. The highest BCUT2D eigenvalue weighted by Gasteiger charge is 2.26. The average molecular weight is 860 g/mol. The highest BCUT2D eigenvalue weighted by atomic mass is 15.3. The molecular weight excluding hydrogens is 747 g/mol. The Hall–Kier alpha value is -1.60. The molecule has 0 fully saturated rings. The van der Waals surface area contributed by atoms with Crippen LogP contribution < -0.4 is 0 Å². The summed E-state index contributed by atoms with van der Waals surface area (Å²) in [5.41, 5.74) is 1.56. The van der Waals surface area contributed by atoms with Crippen molar-refractivity contribution in [2.75, 3.05) is 19.6 Å². The summed E-state index contributed by atoms with van der Waals surface area (Å²) < 4.78 is 1.33. The van der Waals surface area contributed by atoms with Crippen LogP contribution in [0.5, 0.6) is 0 Å². The molecule has 62 heavy (non-hydrogen) atoms. The predicted molar refractivity (Wildman–Crippen MR) is 283 cm³/mol. The molecule has 0 bridgehead atoms. The van der Waals surface area contributed by atoms with Crippen molar-refractivity contribution in [3.05, 3.63) is 72.4 Å². The summed E-state index contributed by atoms with van der Waals surface area (Å²) in [6, 6.07) is 11.6. The van der Waals surface area contributed by atoms with E-state index >= 15 is 0 Å². The Kier molecular flexibility index (Phi) is 46.0. The van der Waals surface area contributed by atoms with E-state index in [1.807, 2.05) is 0 Å². The van der Waals surface area contributed by atoms with E-state index in [4.69, 9.17) is 0 Å². The molecule has 0 unspecified atom stereocenters. The molecule has 0 heterocycles. The third-order valence-electron chi connectivity index (χ3n) is 13.8. The zero-order valence-electron chi connectivity index (χ0n) is 42.8. The molecule has 0 aromatic heterocycles. The first-order chi connectivity index (χ1) is 30.8. The van der Waals surface area contributed by atoms with Crippen molar-refractivity contribution >= 4 is 0 Å². The molecule has 1 rings (SSSR count). The second-order valence-corrected chi connectivity index (χ2v) is 20.0. The molecule has 0 atom stereocenters. The Morgan fingerprint density at radius 3 is 0.758 bits per heavy atom. The molecule has 0 aliphatic rings. The molecule has 0 N–H and O–H groups in total. The summed E-state index contributed by atoms with van der Waals surface area (Å²) in [6.45, 7) is 12.3. The van der Waals surface area contributed by atoms with Gasteiger partial charge in [0.2, 0.25) is 0 Å².